The Kier molecular flexibility index (Phi) is 6.04. The maximum absolute atomic E-state index is 12.2. The Balaban J connectivity index is 1.94. The molecule has 2 rings (SSSR count). The van der Waals surface area contributed by atoms with Crippen molar-refractivity contribution in [2.24, 2.45) is 0 Å². The van der Waals surface area contributed by atoms with Gasteiger partial charge in [0.2, 0.25) is 11.8 Å². The van der Waals surface area contributed by atoms with Gasteiger partial charge in [-0.25, -0.2) is 4.98 Å². The predicted octanol–water partition coefficient (Wildman–Crippen LogP) is 1.95. The molecule has 0 aliphatic heterocycles. The van der Waals surface area contributed by atoms with Crippen molar-refractivity contribution < 1.29 is 9.59 Å². The third-order valence-corrected chi connectivity index (χ3v) is 4.25. The molecule has 2 amide bonds. The van der Waals surface area contributed by atoms with E-state index in [4.69, 9.17) is 0 Å². The number of aromatic amines is 1. The number of aryl methyl sites for hydroxylation is 1. The SMILES string of the molecule is CCNC(=O)CN(CC)C(=O)CSc1nc2ccc(C)cc2[nH]1. The monoisotopic (exact) mass is 334 g/mol. The molecule has 0 spiro atoms. The summed E-state index contributed by atoms with van der Waals surface area (Å²) in [5.74, 6) is 0.0544. The van der Waals surface area contributed by atoms with Gasteiger partial charge >= 0.3 is 0 Å². The summed E-state index contributed by atoms with van der Waals surface area (Å²) in [5, 5.41) is 3.42. The second-order valence-corrected chi connectivity index (χ2v) is 6.18. The number of benzene rings is 1. The van der Waals surface area contributed by atoms with Gasteiger partial charge in [0, 0.05) is 13.1 Å². The Morgan fingerprint density at radius 1 is 1.35 bits per heavy atom. The molecule has 2 aromatic rings. The number of hydrogen-bond donors (Lipinski definition) is 2. The van der Waals surface area contributed by atoms with Gasteiger partial charge in [-0.1, -0.05) is 17.8 Å². The Morgan fingerprint density at radius 3 is 2.83 bits per heavy atom. The van der Waals surface area contributed by atoms with E-state index in [9.17, 15) is 9.59 Å². The number of likely N-dealkylation sites (N-methyl/N-ethyl adjacent to an activating group) is 2. The summed E-state index contributed by atoms with van der Waals surface area (Å²) in [6.07, 6.45) is 0. The fourth-order valence-electron chi connectivity index (χ4n) is 2.19. The van der Waals surface area contributed by atoms with Crippen molar-refractivity contribution in [2.75, 3.05) is 25.4 Å². The molecule has 0 aliphatic rings. The summed E-state index contributed by atoms with van der Waals surface area (Å²) in [7, 11) is 0. The van der Waals surface area contributed by atoms with Crippen LogP contribution in [0.5, 0.6) is 0 Å². The second kappa shape index (κ2) is 8.01. The molecular formula is C16H22N4O2S. The van der Waals surface area contributed by atoms with Crippen molar-refractivity contribution in [3.63, 3.8) is 0 Å². The number of imidazole rings is 1. The van der Waals surface area contributed by atoms with Gasteiger partial charge in [0.15, 0.2) is 5.16 Å². The number of rotatable bonds is 7. The molecule has 0 fully saturated rings. The highest BCUT2D eigenvalue weighted by molar-refractivity contribution is 7.99. The minimum atomic E-state index is -0.132. The van der Waals surface area contributed by atoms with Gasteiger partial charge in [-0.2, -0.15) is 0 Å². The van der Waals surface area contributed by atoms with Crippen molar-refractivity contribution in [1.82, 2.24) is 20.2 Å². The number of nitrogens with one attached hydrogen (secondary N) is 2. The zero-order valence-corrected chi connectivity index (χ0v) is 14.5. The quantitative estimate of drug-likeness (QED) is 0.759. The van der Waals surface area contributed by atoms with Crippen LogP contribution in [0.2, 0.25) is 0 Å². The van der Waals surface area contributed by atoms with E-state index in [1.54, 1.807) is 4.90 Å². The van der Waals surface area contributed by atoms with Crippen LogP contribution in [0.4, 0.5) is 0 Å². The van der Waals surface area contributed by atoms with E-state index >= 15 is 0 Å². The summed E-state index contributed by atoms with van der Waals surface area (Å²) in [6, 6.07) is 6.00. The molecule has 2 N–H and O–H groups in total. The Bertz CT molecular complexity index is 698. The topological polar surface area (TPSA) is 78.1 Å². The van der Waals surface area contributed by atoms with E-state index in [-0.39, 0.29) is 24.1 Å². The van der Waals surface area contributed by atoms with E-state index in [0.717, 1.165) is 16.6 Å². The molecule has 0 unspecified atom stereocenters. The fraction of sp³-hybridized carbons (Fsp3) is 0.438. The fourth-order valence-corrected chi connectivity index (χ4v) is 2.98. The van der Waals surface area contributed by atoms with E-state index < -0.39 is 0 Å². The van der Waals surface area contributed by atoms with E-state index in [0.29, 0.717) is 18.2 Å². The number of fused-ring (bicyclic) bond motifs is 1. The molecule has 1 heterocycles. The number of carbonyl (C=O) groups excluding carboxylic acids is 2. The first-order chi connectivity index (χ1) is 11.0. The highest BCUT2D eigenvalue weighted by Gasteiger charge is 2.16. The minimum absolute atomic E-state index is 0.0691. The third kappa shape index (κ3) is 4.72. The Hall–Kier alpha value is -2.02. The lowest BCUT2D eigenvalue weighted by Crippen LogP contribution is -2.41. The molecule has 124 valence electrons. The van der Waals surface area contributed by atoms with Crippen molar-refractivity contribution in [2.45, 2.75) is 25.9 Å². The number of nitrogens with zero attached hydrogens (tertiary/aromatic N) is 2. The Labute approximate surface area is 140 Å². The van der Waals surface area contributed by atoms with E-state index in [1.165, 1.54) is 11.8 Å². The molecule has 1 aromatic carbocycles. The van der Waals surface area contributed by atoms with Gasteiger partial charge in [0.25, 0.3) is 0 Å². The van der Waals surface area contributed by atoms with Crippen molar-refractivity contribution >= 4 is 34.6 Å². The van der Waals surface area contributed by atoms with Gasteiger partial charge < -0.3 is 15.2 Å². The summed E-state index contributed by atoms with van der Waals surface area (Å²) in [4.78, 5) is 33.1. The molecule has 1 aromatic heterocycles. The standard InChI is InChI=1S/C16H22N4O2S/c1-4-17-14(21)9-20(5-2)15(22)10-23-16-18-12-7-6-11(3)8-13(12)19-16/h6-8H,4-5,9-10H2,1-3H3,(H,17,21)(H,18,19). The van der Waals surface area contributed by atoms with Crippen LogP contribution in [0, 0.1) is 6.92 Å². The van der Waals surface area contributed by atoms with Gasteiger partial charge in [-0.15, -0.1) is 0 Å². The second-order valence-electron chi connectivity index (χ2n) is 5.21. The zero-order chi connectivity index (χ0) is 16.8. The first-order valence-electron chi connectivity index (χ1n) is 7.67. The highest BCUT2D eigenvalue weighted by atomic mass is 32.2. The lowest BCUT2D eigenvalue weighted by molar-refractivity contribution is -0.133. The van der Waals surface area contributed by atoms with Gasteiger partial charge in [0.1, 0.15) is 0 Å². The van der Waals surface area contributed by atoms with E-state index in [1.807, 2.05) is 39.0 Å². The van der Waals surface area contributed by atoms with Gasteiger partial charge in [-0.05, 0) is 38.5 Å². The summed E-state index contributed by atoms with van der Waals surface area (Å²) < 4.78 is 0. The zero-order valence-electron chi connectivity index (χ0n) is 13.7. The van der Waals surface area contributed by atoms with Crippen LogP contribution >= 0.6 is 11.8 Å². The maximum atomic E-state index is 12.2. The molecule has 0 bridgehead atoms. The lowest BCUT2D eigenvalue weighted by atomic mass is 10.2. The predicted molar refractivity (Wildman–Crippen MR) is 92.5 cm³/mol. The molecule has 0 saturated carbocycles. The van der Waals surface area contributed by atoms with Crippen molar-refractivity contribution in [1.29, 1.82) is 0 Å². The normalized spacial score (nSPS) is 10.7. The molecule has 0 saturated heterocycles. The van der Waals surface area contributed by atoms with Crippen LogP contribution in [-0.2, 0) is 9.59 Å². The molecule has 6 nitrogen and oxygen atoms in total. The van der Waals surface area contributed by atoms with Gasteiger partial charge in [0.05, 0.1) is 23.3 Å². The van der Waals surface area contributed by atoms with Gasteiger partial charge in [-0.3, -0.25) is 9.59 Å². The first-order valence-corrected chi connectivity index (χ1v) is 8.65. The third-order valence-electron chi connectivity index (χ3n) is 3.39. The summed E-state index contributed by atoms with van der Waals surface area (Å²) >= 11 is 1.35. The van der Waals surface area contributed by atoms with Crippen LogP contribution in [0.25, 0.3) is 11.0 Å². The molecule has 0 atom stereocenters. The van der Waals surface area contributed by atoms with Crippen LogP contribution < -0.4 is 5.32 Å². The van der Waals surface area contributed by atoms with Crippen LogP contribution in [0.3, 0.4) is 0 Å². The van der Waals surface area contributed by atoms with Crippen molar-refractivity contribution in [3.8, 4) is 0 Å². The molecular weight excluding hydrogens is 312 g/mol. The van der Waals surface area contributed by atoms with Crippen molar-refractivity contribution in [3.05, 3.63) is 23.8 Å². The number of thioether (sulfide) groups is 1. The highest BCUT2D eigenvalue weighted by Crippen LogP contribution is 2.20. The molecule has 0 radical (unpaired) electrons. The number of hydrogen-bond acceptors (Lipinski definition) is 4. The smallest absolute Gasteiger partial charge is 0.239 e. The number of carbonyl (C=O) groups is 2. The number of aromatic nitrogens is 2. The summed E-state index contributed by atoms with van der Waals surface area (Å²) in [5.41, 5.74) is 3.02. The molecule has 7 heteroatoms. The summed E-state index contributed by atoms with van der Waals surface area (Å²) in [6.45, 7) is 6.93. The Morgan fingerprint density at radius 2 is 2.13 bits per heavy atom. The average Bonchev–Trinajstić information content (AvgIpc) is 2.92. The number of amides is 2. The first kappa shape index (κ1) is 17.3. The molecule has 0 aliphatic carbocycles. The maximum Gasteiger partial charge on any atom is 0.239 e. The van der Waals surface area contributed by atoms with Crippen LogP contribution in [0.15, 0.2) is 23.4 Å². The average molecular weight is 334 g/mol. The largest absolute Gasteiger partial charge is 0.355 e. The molecule has 23 heavy (non-hydrogen) atoms. The van der Waals surface area contributed by atoms with Crippen LogP contribution in [0.1, 0.15) is 19.4 Å². The minimum Gasteiger partial charge on any atom is -0.355 e. The number of H-pyrrole nitrogens is 1. The lowest BCUT2D eigenvalue weighted by Gasteiger charge is -2.19. The van der Waals surface area contributed by atoms with E-state index in [2.05, 4.69) is 15.3 Å². The van der Waals surface area contributed by atoms with Crippen LogP contribution in [-0.4, -0.2) is 52.1 Å².